The number of carbonyl (C=O) groups excluding carboxylic acids is 1. The van der Waals surface area contributed by atoms with Gasteiger partial charge in [-0.2, -0.15) is 0 Å². The first-order valence-corrected chi connectivity index (χ1v) is 8.45. The Morgan fingerprint density at radius 2 is 1.95 bits per heavy atom. The molecule has 0 aromatic heterocycles. The van der Waals surface area contributed by atoms with Crippen LogP contribution in [0.1, 0.15) is 32.1 Å². The molecule has 0 aromatic rings. The van der Waals surface area contributed by atoms with E-state index in [9.17, 15) is 13.2 Å². The Bertz CT molecular complexity index is 364. The van der Waals surface area contributed by atoms with E-state index in [1.165, 1.54) is 26.4 Å². The molecule has 0 saturated carbocycles. The maximum atomic E-state index is 11.7. The van der Waals surface area contributed by atoms with Gasteiger partial charge in [-0.05, 0) is 32.4 Å². The van der Waals surface area contributed by atoms with Crippen molar-refractivity contribution in [3.63, 3.8) is 0 Å². The lowest BCUT2D eigenvalue weighted by Crippen LogP contribution is -2.38. The third-order valence-electron chi connectivity index (χ3n) is 3.22. The molecule has 1 aliphatic heterocycles. The van der Waals surface area contributed by atoms with E-state index in [2.05, 4.69) is 14.4 Å². The van der Waals surface area contributed by atoms with Gasteiger partial charge in [0.15, 0.2) is 0 Å². The fourth-order valence-corrected chi connectivity index (χ4v) is 3.19. The van der Waals surface area contributed by atoms with Crippen LogP contribution in [-0.2, 0) is 19.6 Å². The highest BCUT2D eigenvalue weighted by atomic mass is 32.2. The summed E-state index contributed by atoms with van der Waals surface area (Å²) in [4.78, 5) is 13.2. The van der Waals surface area contributed by atoms with Gasteiger partial charge in [-0.25, -0.2) is 13.1 Å². The number of nitrogens with zero attached hydrogens (tertiary/aromatic N) is 1. The Hall–Kier alpha value is -0.660. The van der Waals surface area contributed by atoms with Gasteiger partial charge < -0.3 is 9.64 Å². The molecule has 1 fully saturated rings. The minimum Gasteiger partial charge on any atom is -0.469 e. The van der Waals surface area contributed by atoms with Crippen LogP contribution in [0.5, 0.6) is 0 Å². The lowest BCUT2D eigenvalue weighted by molar-refractivity contribution is -0.140. The number of sulfonamides is 1. The number of rotatable bonds is 8. The maximum absolute atomic E-state index is 11.7. The highest BCUT2D eigenvalue weighted by Gasteiger charge is 2.13. The highest BCUT2D eigenvalue weighted by Crippen LogP contribution is 2.07. The van der Waals surface area contributed by atoms with Crippen LogP contribution in [0.15, 0.2) is 0 Å². The average molecular weight is 292 g/mol. The van der Waals surface area contributed by atoms with E-state index >= 15 is 0 Å². The molecule has 0 atom stereocenters. The third kappa shape index (κ3) is 7.49. The second-order valence-electron chi connectivity index (χ2n) is 4.80. The molecule has 19 heavy (non-hydrogen) atoms. The van der Waals surface area contributed by atoms with Crippen molar-refractivity contribution >= 4 is 16.0 Å². The first kappa shape index (κ1) is 16.4. The van der Waals surface area contributed by atoms with Crippen molar-refractivity contribution in [1.82, 2.24) is 9.62 Å². The van der Waals surface area contributed by atoms with Crippen molar-refractivity contribution < 1.29 is 17.9 Å². The predicted octanol–water partition coefficient (Wildman–Crippen LogP) is 0.345. The van der Waals surface area contributed by atoms with Gasteiger partial charge in [0.1, 0.15) is 0 Å². The first-order chi connectivity index (χ1) is 9.03. The van der Waals surface area contributed by atoms with E-state index in [-0.39, 0.29) is 18.1 Å². The van der Waals surface area contributed by atoms with Gasteiger partial charge in [0.25, 0.3) is 0 Å². The van der Waals surface area contributed by atoms with E-state index < -0.39 is 10.0 Å². The largest absolute Gasteiger partial charge is 0.469 e. The van der Waals surface area contributed by atoms with Gasteiger partial charge in [0, 0.05) is 19.5 Å². The van der Waals surface area contributed by atoms with Gasteiger partial charge >= 0.3 is 5.97 Å². The van der Waals surface area contributed by atoms with Gasteiger partial charge in [0.05, 0.1) is 12.9 Å². The van der Waals surface area contributed by atoms with Crippen LogP contribution < -0.4 is 4.72 Å². The number of nitrogens with one attached hydrogen (secondary N) is 1. The van der Waals surface area contributed by atoms with Crippen molar-refractivity contribution in [2.75, 3.05) is 39.0 Å². The molecule has 0 unspecified atom stereocenters. The molecular formula is C12H24N2O4S. The summed E-state index contributed by atoms with van der Waals surface area (Å²) in [6, 6.07) is 0. The summed E-state index contributed by atoms with van der Waals surface area (Å²) in [6.45, 7) is 3.32. The van der Waals surface area contributed by atoms with E-state index in [1.807, 2.05) is 0 Å². The molecule has 0 radical (unpaired) electrons. The Morgan fingerprint density at radius 1 is 1.26 bits per heavy atom. The molecule has 7 heteroatoms. The Balaban J connectivity index is 2.13. The summed E-state index contributed by atoms with van der Waals surface area (Å²) in [6.07, 6.45) is 4.11. The van der Waals surface area contributed by atoms with Crippen LogP contribution in [0.3, 0.4) is 0 Å². The molecule has 1 heterocycles. The summed E-state index contributed by atoms with van der Waals surface area (Å²) in [7, 11) is -1.97. The third-order valence-corrected chi connectivity index (χ3v) is 4.69. The molecule has 6 nitrogen and oxygen atoms in total. The van der Waals surface area contributed by atoms with Crippen LogP contribution in [-0.4, -0.2) is 58.3 Å². The molecule has 0 aromatic carbocycles. The second kappa shape index (κ2) is 8.50. The van der Waals surface area contributed by atoms with Crippen LogP contribution in [0.4, 0.5) is 0 Å². The standard InChI is InChI=1S/C12H24N2O4S/c1-18-12(15)6-5-11-19(16,17)13-7-10-14-8-3-2-4-9-14/h13H,2-11H2,1H3. The Morgan fingerprint density at radius 3 is 2.58 bits per heavy atom. The summed E-state index contributed by atoms with van der Waals surface area (Å²) < 4.78 is 30.4. The first-order valence-electron chi connectivity index (χ1n) is 6.80. The normalized spacial score (nSPS) is 17.3. The monoisotopic (exact) mass is 292 g/mol. The Labute approximate surface area is 115 Å². The van der Waals surface area contributed by atoms with E-state index in [4.69, 9.17) is 0 Å². The zero-order chi connectivity index (χ0) is 14.1. The van der Waals surface area contributed by atoms with Crippen LogP contribution in [0, 0.1) is 0 Å². The minimum absolute atomic E-state index is 0.0257. The summed E-state index contributed by atoms with van der Waals surface area (Å²) in [5.74, 6) is -0.397. The SMILES string of the molecule is COC(=O)CCCS(=O)(=O)NCCN1CCCCC1. The van der Waals surface area contributed by atoms with Crippen LogP contribution in [0.2, 0.25) is 0 Å². The van der Waals surface area contributed by atoms with Crippen molar-refractivity contribution in [3.05, 3.63) is 0 Å². The molecular weight excluding hydrogens is 268 g/mol. The molecule has 0 amide bonds. The van der Waals surface area contributed by atoms with E-state index in [0.29, 0.717) is 13.0 Å². The molecule has 1 rings (SSSR count). The summed E-state index contributed by atoms with van der Waals surface area (Å²) in [5.41, 5.74) is 0. The minimum atomic E-state index is -3.27. The number of piperidine rings is 1. The van der Waals surface area contributed by atoms with Gasteiger partial charge in [-0.3, -0.25) is 4.79 Å². The van der Waals surface area contributed by atoms with E-state index in [0.717, 1.165) is 19.6 Å². The van der Waals surface area contributed by atoms with Crippen molar-refractivity contribution in [2.24, 2.45) is 0 Å². The number of likely N-dealkylation sites (tertiary alicyclic amines) is 1. The summed E-state index contributed by atoms with van der Waals surface area (Å²) in [5, 5.41) is 0. The maximum Gasteiger partial charge on any atom is 0.305 e. The van der Waals surface area contributed by atoms with Gasteiger partial charge in [0.2, 0.25) is 10.0 Å². The quantitative estimate of drug-likeness (QED) is 0.653. The molecule has 0 bridgehead atoms. The molecule has 1 aliphatic rings. The second-order valence-corrected chi connectivity index (χ2v) is 6.72. The predicted molar refractivity (Wildman–Crippen MR) is 73.3 cm³/mol. The lowest BCUT2D eigenvalue weighted by Gasteiger charge is -2.26. The highest BCUT2D eigenvalue weighted by molar-refractivity contribution is 7.89. The zero-order valence-corrected chi connectivity index (χ0v) is 12.4. The molecule has 112 valence electrons. The average Bonchev–Trinajstić information content (AvgIpc) is 2.39. The molecule has 1 saturated heterocycles. The van der Waals surface area contributed by atoms with Gasteiger partial charge in [-0.15, -0.1) is 0 Å². The fraction of sp³-hybridized carbons (Fsp3) is 0.917. The van der Waals surface area contributed by atoms with Crippen molar-refractivity contribution in [3.8, 4) is 0 Å². The van der Waals surface area contributed by atoms with Gasteiger partial charge in [-0.1, -0.05) is 6.42 Å². The van der Waals surface area contributed by atoms with E-state index in [1.54, 1.807) is 0 Å². The number of hydrogen-bond acceptors (Lipinski definition) is 5. The molecule has 1 N–H and O–H groups in total. The topological polar surface area (TPSA) is 75.7 Å². The number of carbonyl (C=O) groups is 1. The fourth-order valence-electron chi connectivity index (χ4n) is 2.12. The lowest BCUT2D eigenvalue weighted by atomic mass is 10.1. The number of ether oxygens (including phenoxy) is 1. The van der Waals surface area contributed by atoms with Crippen LogP contribution in [0.25, 0.3) is 0 Å². The smallest absolute Gasteiger partial charge is 0.305 e. The molecule has 0 aliphatic carbocycles. The molecule has 0 spiro atoms. The Kier molecular flexibility index (Phi) is 7.33. The van der Waals surface area contributed by atoms with Crippen LogP contribution >= 0.6 is 0 Å². The zero-order valence-electron chi connectivity index (χ0n) is 11.6. The summed E-state index contributed by atoms with van der Waals surface area (Å²) >= 11 is 0. The number of esters is 1. The number of methoxy groups -OCH3 is 1. The number of hydrogen-bond donors (Lipinski definition) is 1. The van der Waals surface area contributed by atoms with Crippen molar-refractivity contribution in [1.29, 1.82) is 0 Å². The van der Waals surface area contributed by atoms with Crippen molar-refractivity contribution in [2.45, 2.75) is 32.1 Å².